The van der Waals surface area contributed by atoms with E-state index in [1.807, 2.05) is 20.8 Å². The fourth-order valence-corrected chi connectivity index (χ4v) is 1.75. The molecule has 0 amide bonds. The van der Waals surface area contributed by atoms with Crippen LogP contribution in [0, 0.1) is 5.92 Å². The van der Waals surface area contributed by atoms with Crippen molar-refractivity contribution in [3.63, 3.8) is 0 Å². The summed E-state index contributed by atoms with van der Waals surface area (Å²) in [4.78, 5) is 0. The maximum Gasteiger partial charge on any atom is 0.0734 e. The molecule has 0 aromatic carbocycles. The Morgan fingerprint density at radius 2 is 1.76 bits per heavy atom. The summed E-state index contributed by atoms with van der Waals surface area (Å²) in [5.41, 5.74) is 11.6. The molecule has 0 unspecified atom stereocenters. The second kappa shape index (κ2) is 8.44. The van der Waals surface area contributed by atoms with Crippen LogP contribution in [0.15, 0.2) is 5.16 Å². The molecule has 0 radical (unpaired) electrons. The van der Waals surface area contributed by atoms with Crippen LogP contribution in [0.4, 0.5) is 0 Å². The molecule has 0 aliphatic rings. The lowest BCUT2D eigenvalue weighted by atomic mass is 9.95. The van der Waals surface area contributed by atoms with Crippen molar-refractivity contribution in [2.45, 2.75) is 45.6 Å². The monoisotopic (exact) mass is 244 g/mol. The smallest absolute Gasteiger partial charge is 0.0734 e. The number of hydrogen-bond acceptors (Lipinski definition) is 5. The maximum absolute atomic E-state index is 8.76. The van der Waals surface area contributed by atoms with Crippen molar-refractivity contribution in [2.24, 2.45) is 22.5 Å². The number of nitrogens with one attached hydrogen (secondary N) is 1. The Kier molecular flexibility index (Phi) is 8.12. The molecule has 6 N–H and O–H groups in total. The van der Waals surface area contributed by atoms with Gasteiger partial charge in [-0.1, -0.05) is 5.16 Å². The molecule has 0 aromatic heterocycles. The highest BCUT2D eigenvalue weighted by Crippen LogP contribution is 2.12. The van der Waals surface area contributed by atoms with E-state index in [0.29, 0.717) is 24.7 Å². The van der Waals surface area contributed by atoms with Crippen molar-refractivity contribution in [2.75, 3.05) is 19.6 Å². The standard InChI is InChI=1S/C12H28N4O/c1-10(16-17)12(2,3)15-9-6-11(4-7-13)5-8-14/h11,15,17H,4-9,13-14H2,1-3H3/b16-10+. The van der Waals surface area contributed by atoms with Crippen molar-refractivity contribution < 1.29 is 5.21 Å². The minimum absolute atomic E-state index is 0.273. The topological polar surface area (TPSA) is 96.7 Å². The van der Waals surface area contributed by atoms with Gasteiger partial charge in [-0.2, -0.15) is 0 Å². The quantitative estimate of drug-likeness (QED) is 0.275. The third kappa shape index (κ3) is 6.61. The average molecular weight is 244 g/mol. The summed E-state index contributed by atoms with van der Waals surface area (Å²) in [6, 6.07) is 0. The number of nitrogens with zero attached hydrogens (tertiary/aromatic N) is 1. The van der Waals surface area contributed by atoms with E-state index in [9.17, 15) is 0 Å². The van der Waals surface area contributed by atoms with E-state index in [0.717, 1.165) is 25.8 Å². The molecular weight excluding hydrogens is 216 g/mol. The summed E-state index contributed by atoms with van der Waals surface area (Å²) >= 11 is 0. The van der Waals surface area contributed by atoms with Gasteiger partial charge in [0.1, 0.15) is 0 Å². The van der Waals surface area contributed by atoms with E-state index in [1.165, 1.54) is 0 Å². The molecule has 0 saturated carbocycles. The van der Waals surface area contributed by atoms with Crippen molar-refractivity contribution in [1.82, 2.24) is 5.32 Å². The maximum atomic E-state index is 8.76. The van der Waals surface area contributed by atoms with E-state index in [1.54, 1.807) is 0 Å². The molecule has 0 aromatic rings. The van der Waals surface area contributed by atoms with Crippen LogP contribution in [0.1, 0.15) is 40.0 Å². The first kappa shape index (κ1) is 16.4. The molecule has 102 valence electrons. The van der Waals surface area contributed by atoms with Crippen LogP contribution in [0.5, 0.6) is 0 Å². The Morgan fingerprint density at radius 1 is 1.24 bits per heavy atom. The average Bonchev–Trinajstić information content (AvgIpc) is 2.28. The lowest BCUT2D eigenvalue weighted by molar-refractivity contribution is 0.309. The van der Waals surface area contributed by atoms with E-state index in [4.69, 9.17) is 16.7 Å². The summed E-state index contributed by atoms with van der Waals surface area (Å²) in [7, 11) is 0. The first-order valence-corrected chi connectivity index (χ1v) is 6.32. The fraction of sp³-hybridized carbons (Fsp3) is 0.917. The highest BCUT2D eigenvalue weighted by molar-refractivity contribution is 5.90. The lowest BCUT2D eigenvalue weighted by Gasteiger charge is -2.26. The molecule has 5 heteroatoms. The highest BCUT2D eigenvalue weighted by atomic mass is 16.4. The van der Waals surface area contributed by atoms with Crippen LogP contribution in [-0.2, 0) is 0 Å². The molecule has 0 fully saturated rings. The van der Waals surface area contributed by atoms with Gasteiger partial charge in [-0.15, -0.1) is 0 Å². The number of rotatable bonds is 9. The summed E-state index contributed by atoms with van der Waals surface area (Å²) in [5.74, 6) is 0.583. The van der Waals surface area contributed by atoms with Gasteiger partial charge < -0.3 is 22.0 Å². The van der Waals surface area contributed by atoms with Crippen LogP contribution >= 0.6 is 0 Å². The molecule has 5 nitrogen and oxygen atoms in total. The van der Waals surface area contributed by atoms with Gasteiger partial charge in [0.2, 0.25) is 0 Å². The zero-order valence-corrected chi connectivity index (χ0v) is 11.4. The van der Waals surface area contributed by atoms with Crippen LogP contribution < -0.4 is 16.8 Å². The predicted molar refractivity (Wildman–Crippen MR) is 72.4 cm³/mol. The predicted octanol–water partition coefficient (Wildman–Crippen LogP) is 0.909. The zero-order valence-electron chi connectivity index (χ0n) is 11.4. The Balaban J connectivity index is 4.02. The number of oxime groups is 1. The molecule has 0 rings (SSSR count). The van der Waals surface area contributed by atoms with Crippen molar-refractivity contribution in [1.29, 1.82) is 0 Å². The van der Waals surface area contributed by atoms with E-state index >= 15 is 0 Å². The largest absolute Gasteiger partial charge is 0.411 e. The van der Waals surface area contributed by atoms with Crippen LogP contribution in [0.25, 0.3) is 0 Å². The molecule has 0 aliphatic heterocycles. The Bertz CT molecular complexity index is 223. The first-order chi connectivity index (χ1) is 7.97. The second-order valence-electron chi connectivity index (χ2n) is 5.05. The van der Waals surface area contributed by atoms with E-state index in [2.05, 4.69) is 10.5 Å². The molecule has 0 atom stereocenters. The number of hydrogen-bond donors (Lipinski definition) is 4. The van der Waals surface area contributed by atoms with Gasteiger partial charge >= 0.3 is 0 Å². The summed E-state index contributed by atoms with van der Waals surface area (Å²) < 4.78 is 0. The molecule has 17 heavy (non-hydrogen) atoms. The minimum atomic E-state index is -0.273. The van der Waals surface area contributed by atoms with Gasteiger partial charge in [0.05, 0.1) is 11.3 Å². The Labute approximate surface area is 105 Å². The van der Waals surface area contributed by atoms with Crippen molar-refractivity contribution in [3.8, 4) is 0 Å². The first-order valence-electron chi connectivity index (χ1n) is 6.32. The molecule has 0 heterocycles. The highest BCUT2D eigenvalue weighted by Gasteiger charge is 2.21. The molecule has 0 bridgehead atoms. The minimum Gasteiger partial charge on any atom is -0.411 e. The third-order valence-electron chi connectivity index (χ3n) is 3.32. The summed E-state index contributed by atoms with van der Waals surface area (Å²) in [6.07, 6.45) is 3.09. The van der Waals surface area contributed by atoms with Gasteiger partial charge in [-0.25, -0.2) is 0 Å². The Morgan fingerprint density at radius 3 is 2.18 bits per heavy atom. The van der Waals surface area contributed by atoms with Gasteiger partial charge in [0.25, 0.3) is 0 Å². The van der Waals surface area contributed by atoms with Crippen molar-refractivity contribution in [3.05, 3.63) is 0 Å². The van der Waals surface area contributed by atoms with Crippen molar-refractivity contribution >= 4 is 5.71 Å². The molecule has 0 spiro atoms. The lowest BCUT2D eigenvalue weighted by Crippen LogP contribution is -2.46. The zero-order chi connectivity index (χ0) is 13.3. The van der Waals surface area contributed by atoms with Gasteiger partial charge in [-0.3, -0.25) is 0 Å². The van der Waals surface area contributed by atoms with Crippen LogP contribution in [0.3, 0.4) is 0 Å². The summed E-state index contributed by atoms with van der Waals surface area (Å²) in [5, 5.41) is 15.4. The summed E-state index contributed by atoms with van der Waals surface area (Å²) in [6.45, 7) is 8.12. The number of nitrogens with two attached hydrogens (primary N) is 2. The van der Waals surface area contributed by atoms with Crippen LogP contribution in [-0.4, -0.2) is 36.1 Å². The van der Waals surface area contributed by atoms with Crippen LogP contribution in [0.2, 0.25) is 0 Å². The van der Waals surface area contributed by atoms with E-state index in [-0.39, 0.29) is 5.54 Å². The van der Waals surface area contributed by atoms with Gasteiger partial charge in [0, 0.05) is 0 Å². The second-order valence-corrected chi connectivity index (χ2v) is 5.05. The molecule has 0 saturated heterocycles. The SMILES string of the molecule is C/C(=N\O)C(C)(C)NCCC(CCN)CCN. The molecular formula is C12H28N4O. The van der Waals surface area contributed by atoms with E-state index < -0.39 is 0 Å². The van der Waals surface area contributed by atoms with Gasteiger partial charge in [0.15, 0.2) is 0 Å². The Hall–Kier alpha value is -0.650. The fourth-order valence-electron chi connectivity index (χ4n) is 1.75. The molecule has 0 aliphatic carbocycles. The third-order valence-corrected chi connectivity index (χ3v) is 3.32. The normalized spacial score (nSPS) is 13.4. The van der Waals surface area contributed by atoms with Gasteiger partial charge in [-0.05, 0) is 65.6 Å².